The van der Waals surface area contributed by atoms with Crippen molar-refractivity contribution in [2.75, 3.05) is 19.0 Å². The summed E-state index contributed by atoms with van der Waals surface area (Å²) >= 11 is 1.37. The molecule has 1 aliphatic heterocycles. The van der Waals surface area contributed by atoms with Crippen molar-refractivity contribution >= 4 is 23.3 Å². The van der Waals surface area contributed by atoms with Crippen molar-refractivity contribution in [2.45, 2.75) is 32.9 Å². The number of Topliss-reactive ketones (excluding diaryl/α,β-unsaturated/α-hetero) is 1. The van der Waals surface area contributed by atoms with Crippen molar-refractivity contribution < 1.29 is 14.3 Å². The van der Waals surface area contributed by atoms with Crippen LogP contribution in [0.2, 0.25) is 0 Å². The summed E-state index contributed by atoms with van der Waals surface area (Å²) in [5, 5.41) is 9.04. The summed E-state index contributed by atoms with van der Waals surface area (Å²) in [6.07, 6.45) is 0. The maximum atomic E-state index is 13.1. The molecule has 8 nitrogen and oxygen atoms in total. The van der Waals surface area contributed by atoms with E-state index in [-0.39, 0.29) is 11.5 Å². The summed E-state index contributed by atoms with van der Waals surface area (Å²) < 4.78 is 15.3. The van der Waals surface area contributed by atoms with E-state index in [1.807, 2.05) is 62.4 Å². The van der Waals surface area contributed by atoms with Gasteiger partial charge in [-0.1, -0.05) is 11.8 Å². The van der Waals surface area contributed by atoms with Crippen LogP contribution in [-0.4, -0.2) is 48.9 Å². The molecule has 1 aromatic carbocycles. The minimum absolute atomic E-state index is 0.0429. The molecule has 4 heterocycles. The third-order valence-corrected chi connectivity index (χ3v) is 6.44. The second kappa shape index (κ2) is 7.98. The second-order valence-corrected chi connectivity index (χ2v) is 8.76. The van der Waals surface area contributed by atoms with E-state index in [9.17, 15) is 4.79 Å². The smallest absolute Gasteiger partial charge is 0.256 e. The van der Waals surface area contributed by atoms with Gasteiger partial charge in [-0.25, -0.2) is 4.98 Å². The molecule has 3 aromatic heterocycles. The topological polar surface area (TPSA) is 83.5 Å². The molecule has 4 aromatic rings. The summed E-state index contributed by atoms with van der Waals surface area (Å²) in [4.78, 5) is 17.5. The Morgan fingerprint density at radius 1 is 1.00 bits per heavy atom. The molecule has 32 heavy (non-hydrogen) atoms. The predicted molar refractivity (Wildman–Crippen MR) is 122 cm³/mol. The first-order valence-corrected chi connectivity index (χ1v) is 11.4. The highest BCUT2D eigenvalue weighted by atomic mass is 32.2. The van der Waals surface area contributed by atoms with Crippen molar-refractivity contribution in [2.24, 2.45) is 0 Å². The highest BCUT2D eigenvalue weighted by Gasteiger charge is 2.20. The van der Waals surface area contributed by atoms with Gasteiger partial charge in [0.05, 0.1) is 5.75 Å². The zero-order chi connectivity index (χ0) is 22.4. The van der Waals surface area contributed by atoms with Crippen LogP contribution < -0.4 is 9.47 Å². The van der Waals surface area contributed by atoms with E-state index in [1.54, 1.807) is 0 Å². The molecular weight excluding hydrogens is 426 g/mol. The summed E-state index contributed by atoms with van der Waals surface area (Å²) in [7, 11) is 0. The molecule has 0 unspecified atom stereocenters. The summed E-state index contributed by atoms with van der Waals surface area (Å²) in [5.41, 5.74) is 5.40. The Kier molecular flexibility index (Phi) is 5.13. The van der Waals surface area contributed by atoms with Gasteiger partial charge in [-0.15, -0.1) is 10.2 Å². The molecule has 0 saturated carbocycles. The fourth-order valence-electron chi connectivity index (χ4n) is 4.12. The number of hydrogen-bond donors (Lipinski definition) is 0. The zero-order valence-electron chi connectivity index (χ0n) is 18.4. The van der Waals surface area contributed by atoms with E-state index in [1.165, 1.54) is 11.8 Å². The number of aromatic nitrogens is 5. The van der Waals surface area contributed by atoms with E-state index in [4.69, 9.17) is 9.47 Å². The molecule has 0 spiro atoms. The lowest BCUT2D eigenvalue weighted by Gasteiger charge is -2.20. The summed E-state index contributed by atoms with van der Waals surface area (Å²) in [6.45, 7) is 8.96. The lowest BCUT2D eigenvalue weighted by atomic mass is 10.2. The van der Waals surface area contributed by atoms with Gasteiger partial charge in [-0.3, -0.25) is 9.20 Å². The monoisotopic (exact) mass is 449 g/mol. The van der Waals surface area contributed by atoms with Crippen LogP contribution in [0.4, 0.5) is 0 Å². The molecule has 0 amide bonds. The predicted octanol–water partition coefficient (Wildman–Crippen LogP) is 3.89. The van der Waals surface area contributed by atoms with E-state index in [0.717, 1.165) is 40.0 Å². The number of fused-ring (bicyclic) bond motifs is 2. The van der Waals surface area contributed by atoms with Crippen molar-refractivity contribution in [1.82, 2.24) is 24.1 Å². The molecule has 1 aliphatic rings. The highest BCUT2D eigenvalue weighted by Crippen LogP contribution is 2.33. The Morgan fingerprint density at radius 2 is 1.78 bits per heavy atom. The SMILES string of the molecule is Cc1cc(C)n2c(SCC(=O)c3cc(C)n(-c4ccc5c(c4)OCCO5)c3C)nnc2n1. The number of ketones is 1. The Morgan fingerprint density at radius 3 is 2.59 bits per heavy atom. The lowest BCUT2D eigenvalue weighted by molar-refractivity contribution is 0.102. The first kappa shape index (κ1) is 20.6. The third kappa shape index (κ3) is 3.52. The van der Waals surface area contributed by atoms with Gasteiger partial charge in [0.2, 0.25) is 0 Å². The average Bonchev–Trinajstić information content (AvgIpc) is 3.31. The summed E-state index contributed by atoms with van der Waals surface area (Å²) in [6, 6.07) is 9.76. The van der Waals surface area contributed by atoms with Crippen LogP contribution in [0.25, 0.3) is 11.5 Å². The number of carbonyl (C=O) groups is 1. The van der Waals surface area contributed by atoms with Crippen LogP contribution in [0.1, 0.15) is 33.1 Å². The number of aryl methyl sites for hydroxylation is 3. The van der Waals surface area contributed by atoms with Crippen LogP contribution in [0, 0.1) is 27.7 Å². The number of ether oxygens (including phenoxy) is 2. The van der Waals surface area contributed by atoms with Crippen LogP contribution in [0.3, 0.4) is 0 Å². The van der Waals surface area contributed by atoms with E-state index < -0.39 is 0 Å². The van der Waals surface area contributed by atoms with Gasteiger partial charge in [0.15, 0.2) is 22.4 Å². The lowest BCUT2D eigenvalue weighted by Crippen LogP contribution is -2.15. The van der Waals surface area contributed by atoms with Gasteiger partial charge < -0.3 is 14.0 Å². The zero-order valence-corrected chi connectivity index (χ0v) is 19.2. The third-order valence-electron chi connectivity index (χ3n) is 5.51. The van der Waals surface area contributed by atoms with Crippen molar-refractivity contribution in [3.8, 4) is 17.2 Å². The Balaban J connectivity index is 1.40. The molecule has 164 valence electrons. The molecular formula is C23H23N5O3S. The number of carbonyl (C=O) groups excluding carboxylic acids is 1. The number of nitrogens with zero attached hydrogens (tertiary/aromatic N) is 5. The average molecular weight is 450 g/mol. The van der Waals surface area contributed by atoms with E-state index >= 15 is 0 Å². The maximum absolute atomic E-state index is 13.1. The van der Waals surface area contributed by atoms with E-state index in [2.05, 4.69) is 19.7 Å². The quantitative estimate of drug-likeness (QED) is 0.338. The van der Waals surface area contributed by atoms with Crippen molar-refractivity contribution in [3.63, 3.8) is 0 Å². The van der Waals surface area contributed by atoms with Crippen LogP contribution >= 0.6 is 11.8 Å². The van der Waals surface area contributed by atoms with Crippen molar-refractivity contribution in [3.05, 3.63) is 58.7 Å². The molecule has 0 atom stereocenters. The fraction of sp³-hybridized carbons (Fsp3) is 0.304. The molecule has 0 radical (unpaired) electrons. The molecule has 0 saturated heterocycles. The second-order valence-electron chi connectivity index (χ2n) is 7.82. The van der Waals surface area contributed by atoms with Gasteiger partial charge in [0.1, 0.15) is 13.2 Å². The number of thioether (sulfide) groups is 1. The standard InChI is InChI=1S/C23H23N5O3S/c1-13-9-14(2)28-22(24-13)25-26-23(28)32-12-19(29)18-10-15(3)27(16(18)4)17-5-6-20-21(11-17)31-8-7-30-20/h5-6,9-11H,7-8,12H2,1-4H3. The highest BCUT2D eigenvalue weighted by molar-refractivity contribution is 7.99. The molecule has 9 heteroatoms. The van der Waals surface area contributed by atoms with Gasteiger partial charge in [0, 0.05) is 40.1 Å². The van der Waals surface area contributed by atoms with Crippen LogP contribution in [-0.2, 0) is 0 Å². The largest absolute Gasteiger partial charge is 0.486 e. The summed E-state index contributed by atoms with van der Waals surface area (Å²) in [5.74, 6) is 2.33. The van der Waals surface area contributed by atoms with Crippen LogP contribution in [0.5, 0.6) is 11.5 Å². The molecule has 0 fully saturated rings. The van der Waals surface area contributed by atoms with Gasteiger partial charge in [-0.2, -0.15) is 0 Å². The van der Waals surface area contributed by atoms with Gasteiger partial charge in [-0.05, 0) is 52.0 Å². The maximum Gasteiger partial charge on any atom is 0.256 e. The van der Waals surface area contributed by atoms with E-state index in [0.29, 0.717) is 29.7 Å². The van der Waals surface area contributed by atoms with Crippen LogP contribution in [0.15, 0.2) is 35.5 Å². The first-order valence-electron chi connectivity index (χ1n) is 10.4. The molecule has 0 bridgehead atoms. The fourth-order valence-corrected chi connectivity index (χ4v) is 4.98. The normalized spacial score (nSPS) is 13.0. The van der Waals surface area contributed by atoms with Crippen molar-refractivity contribution in [1.29, 1.82) is 0 Å². The minimum Gasteiger partial charge on any atom is -0.486 e. The molecule has 0 aliphatic carbocycles. The van der Waals surface area contributed by atoms with Gasteiger partial charge >= 0.3 is 0 Å². The molecule has 0 N–H and O–H groups in total. The Hall–Kier alpha value is -3.33. The Bertz CT molecular complexity index is 1360. The number of hydrogen-bond acceptors (Lipinski definition) is 7. The van der Waals surface area contributed by atoms with Gasteiger partial charge in [0.25, 0.3) is 5.78 Å². The Labute approximate surface area is 189 Å². The minimum atomic E-state index is 0.0429. The number of benzene rings is 1. The number of rotatable bonds is 5. The first-order chi connectivity index (χ1) is 15.4. The molecule has 5 rings (SSSR count).